The molecule has 0 amide bonds. The average molecular weight is 444 g/mol. The molecule has 1 fully saturated rings. The smallest absolute Gasteiger partial charge is 0.120 e. The maximum Gasteiger partial charge on any atom is 0.120 e. The number of hydrogen-bond acceptors (Lipinski definition) is 4. The maximum atomic E-state index is 6.06. The number of benzene rings is 2. The molecular formula is C28H29NO2S. The summed E-state index contributed by atoms with van der Waals surface area (Å²) in [7, 11) is 1.74. The zero-order valence-electron chi connectivity index (χ0n) is 18.7. The van der Waals surface area contributed by atoms with Gasteiger partial charge in [-0.1, -0.05) is 18.2 Å². The molecule has 1 aromatic heterocycles. The van der Waals surface area contributed by atoms with E-state index in [1.54, 1.807) is 7.11 Å². The van der Waals surface area contributed by atoms with Gasteiger partial charge < -0.3 is 9.47 Å². The van der Waals surface area contributed by atoms with Crippen LogP contribution in [0.2, 0.25) is 0 Å². The Hall–Kier alpha value is -2.56. The molecule has 0 N–H and O–H groups in total. The van der Waals surface area contributed by atoms with Crippen LogP contribution in [-0.4, -0.2) is 38.3 Å². The Morgan fingerprint density at radius 1 is 0.969 bits per heavy atom. The van der Waals surface area contributed by atoms with E-state index in [9.17, 15) is 0 Å². The first-order chi connectivity index (χ1) is 15.8. The van der Waals surface area contributed by atoms with E-state index in [1.807, 2.05) is 11.3 Å². The van der Waals surface area contributed by atoms with E-state index < -0.39 is 0 Å². The Bertz CT molecular complexity index is 1210. The van der Waals surface area contributed by atoms with Crippen LogP contribution in [0, 0.1) is 0 Å². The number of thiophene rings is 1. The molecule has 1 saturated heterocycles. The summed E-state index contributed by atoms with van der Waals surface area (Å²) >= 11 is 1.91. The van der Waals surface area contributed by atoms with Gasteiger partial charge in [0.15, 0.2) is 0 Å². The van der Waals surface area contributed by atoms with Crippen LogP contribution in [0.4, 0.5) is 0 Å². The molecule has 1 aliphatic heterocycles. The lowest BCUT2D eigenvalue weighted by Gasteiger charge is -2.16. The molecule has 0 saturated carbocycles. The number of fused-ring (bicyclic) bond motifs is 5. The Morgan fingerprint density at radius 3 is 2.59 bits per heavy atom. The molecule has 3 aliphatic rings. The van der Waals surface area contributed by atoms with Crippen molar-refractivity contribution in [2.45, 2.75) is 32.1 Å². The Kier molecular flexibility index (Phi) is 5.28. The molecule has 4 heteroatoms. The fraction of sp³-hybridized carbons (Fsp3) is 0.357. The normalized spacial score (nSPS) is 18.1. The standard InChI is InChI=1S/C28H29NO2S/c1-30-21-12-13-24-25(18-21)32-28-23-7-3-2-6-22(23)26(27(24)28)19-8-10-20(11-9-19)31-17-16-29-14-4-5-15-29/h7-13,18H,2-6,14-17H2,1H3. The molecule has 3 aromatic rings. The molecule has 0 atom stereocenters. The van der Waals surface area contributed by atoms with E-state index in [2.05, 4.69) is 53.4 Å². The largest absolute Gasteiger partial charge is 0.497 e. The van der Waals surface area contributed by atoms with Crippen molar-refractivity contribution in [3.05, 3.63) is 70.1 Å². The van der Waals surface area contributed by atoms with Gasteiger partial charge in [-0.2, -0.15) is 0 Å². The second-order valence-electron chi connectivity index (χ2n) is 8.95. The molecule has 3 nitrogen and oxygen atoms in total. The van der Waals surface area contributed by atoms with E-state index >= 15 is 0 Å². The summed E-state index contributed by atoms with van der Waals surface area (Å²) in [4.78, 5) is 3.93. The van der Waals surface area contributed by atoms with Crippen LogP contribution in [-0.2, 0) is 0 Å². The quantitative estimate of drug-likeness (QED) is 0.420. The molecule has 0 bridgehead atoms. The number of rotatable bonds is 6. The highest BCUT2D eigenvalue weighted by Crippen LogP contribution is 2.54. The van der Waals surface area contributed by atoms with Crippen LogP contribution < -0.4 is 9.47 Å². The van der Waals surface area contributed by atoms with Gasteiger partial charge in [-0.15, -0.1) is 11.3 Å². The predicted molar refractivity (Wildman–Crippen MR) is 134 cm³/mol. The van der Waals surface area contributed by atoms with Crippen molar-refractivity contribution >= 4 is 32.6 Å². The molecule has 0 unspecified atom stereocenters. The third-order valence-corrected chi connectivity index (χ3v) is 8.20. The fourth-order valence-electron chi connectivity index (χ4n) is 5.40. The number of allylic oxidation sites excluding steroid dienone is 3. The third kappa shape index (κ3) is 3.46. The number of nitrogens with zero attached hydrogens (tertiary/aromatic N) is 1. The number of likely N-dealkylation sites (tertiary alicyclic amines) is 1. The van der Waals surface area contributed by atoms with Gasteiger partial charge in [0.2, 0.25) is 0 Å². The fourth-order valence-corrected chi connectivity index (χ4v) is 6.71. The maximum absolute atomic E-state index is 6.06. The van der Waals surface area contributed by atoms with Gasteiger partial charge in [0.1, 0.15) is 18.1 Å². The lowest BCUT2D eigenvalue weighted by atomic mass is 9.91. The van der Waals surface area contributed by atoms with Gasteiger partial charge in [-0.3, -0.25) is 4.90 Å². The lowest BCUT2D eigenvalue weighted by Crippen LogP contribution is -2.25. The molecule has 6 rings (SSSR count). The first-order valence-electron chi connectivity index (χ1n) is 11.8. The number of hydrogen-bond donors (Lipinski definition) is 0. The second-order valence-corrected chi connectivity index (χ2v) is 10.0. The third-order valence-electron chi connectivity index (χ3n) is 7.02. The molecule has 0 spiro atoms. The monoisotopic (exact) mass is 443 g/mol. The minimum Gasteiger partial charge on any atom is -0.497 e. The zero-order valence-corrected chi connectivity index (χ0v) is 19.5. The van der Waals surface area contributed by atoms with Gasteiger partial charge in [0.25, 0.3) is 0 Å². The summed E-state index contributed by atoms with van der Waals surface area (Å²) < 4.78 is 12.8. The van der Waals surface area contributed by atoms with Crippen LogP contribution in [0.5, 0.6) is 11.5 Å². The van der Waals surface area contributed by atoms with Crippen molar-refractivity contribution in [3.63, 3.8) is 0 Å². The van der Waals surface area contributed by atoms with Gasteiger partial charge >= 0.3 is 0 Å². The van der Waals surface area contributed by atoms with Gasteiger partial charge in [0, 0.05) is 27.1 Å². The first-order valence-corrected chi connectivity index (χ1v) is 12.6. The van der Waals surface area contributed by atoms with Crippen molar-refractivity contribution in [2.24, 2.45) is 0 Å². The Labute approximate surface area is 194 Å². The van der Waals surface area contributed by atoms with Crippen molar-refractivity contribution in [2.75, 3.05) is 33.4 Å². The van der Waals surface area contributed by atoms with Crippen LogP contribution in [0.15, 0.2) is 54.1 Å². The molecule has 164 valence electrons. The van der Waals surface area contributed by atoms with Crippen LogP contribution in [0.25, 0.3) is 21.2 Å². The van der Waals surface area contributed by atoms with Crippen molar-refractivity contribution in [1.29, 1.82) is 0 Å². The molecular weight excluding hydrogens is 414 g/mol. The number of methoxy groups -OCH3 is 1. The van der Waals surface area contributed by atoms with Crippen LogP contribution in [0.1, 0.15) is 48.1 Å². The lowest BCUT2D eigenvalue weighted by molar-refractivity contribution is 0.238. The predicted octanol–water partition coefficient (Wildman–Crippen LogP) is 6.77. The van der Waals surface area contributed by atoms with Crippen molar-refractivity contribution in [3.8, 4) is 11.5 Å². The highest BCUT2D eigenvalue weighted by molar-refractivity contribution is 7.20. The van der Waals surface area contributed by atoms with Crippen LogP contribution >= 0.6 is 11.3 Å². The summed E-state index contributed by atoms with van der Waals surface area (Å²) in [6.45, 7) is 4.23. The topological polar surface area (TPSA) is 21.7 Å². The summed E-state index contributed by atoms with van der Waals surface area (Å²) in [5.41, 5.74) is 7.13. The minimum atomic E-state index is 0.765. The summed E-state index contributed by atoms with van der Waals surface area (Å²) in [6, 6.07) is 15.3. The SMILES string of the molecule is COc1ccc2c3c(sc2c1)C1=CCCCC1=C3c1ccc(OCCN2CCCC2)cc1. The molecule has 0 radical (unpaired) electrons. The van der Waals surface area contributed by atoms with Crippen LogP contribution in [0.3, 0.4) is 0 Å². The average Bonchev–Trinajstić information content (AvgIpc) is 3.55. The highest BCUT2D eigenvalue weighted by Gasteiger charge is 2.32. The molecule has 2 heterocycles. The Morgan fingerprint density at radius 2 is 1.78 bits per heavy atom. The zero-order chi connectivity index (χ0) is 21.5. The first kappa shape index (κ1) is 20.1. The van der Waals surface area contributed by atoms with Crippen molar-refractivity contribution < 1.29 is 9.47 Å². The number of ether oxygens (including phenoxy) is 2. The van der Waals surface area contributed by atoms with Gasteiger partial charge in [-0.25, -0.2) is 0 Å². The second kappa shape index (κ2) is 8.42. The van der Waals surface area contributed by atoms with E-state index in [1.165, 1.54) is 81.6 Å². The van der Waals surface area contributed by atoms with E-state index in [0.29, 0.717) is 0 Å². The van der Waals surface area contributed by atoms with E-state index in [0.717, 1.165) is 31.1 Å². The van der Waals surface area contributed by atoms with E-state index in [-0.39, 0.29) is 0 Å². The van der Waals surface area contributed by atoms with Crippen molar-refractivity contribution in [1.82, 2.24) is 4.90 Å². The molecule has 2 aliphatic carbocycles. The summed E-state index contributed by atoms with van der Waals surface area (Å²) in [5.74, 6) is 1.90. The highest BCUT2D eigenvalue weighted by atomic mass is 32.1. The van der Waals surface area contributed by atoms with Gasteiger partial charge in [0.05, 0.1) is 7.11 Å². The molecule has 32 heavy (non-hydrogen) atoms. The molecule has 2 aromatic carbocycles. The Balaban J connectivity index is 1.32. The minimum absolute atomic E-state index is 0.765. The summed E-state index contributed by atoms with van der Waals surface area (Å²) in [5, 5.41) is 1.34. The van der Waals surface area contributed by atoms with E-state index in [4.69, 9.17) is 9.47 Å². The summed E-state index contributed by atoms with van der Waals surface area (Å²) in [6.07, 6.45) is 8.68. The van der Waals surface area contributed by atoms with Gasteiger partial charge in [-0.05, 0) is 97.8 Å².